The number of fused-ring (bicyclic) bond motifs is 1. The number of nitrogens with zero attached hydrogens (tertiary/aromatic N) is 2. The zero-order chi connectivity index (χ0) is 22.8. The summed E-state index contributed by atoms with van der Waals surface area (Å²) in [6.45, 7) is 0.379. The number of anilines is 1. The Bertz CT molecular complexity index is 1260. The van der Waals surface area contributed by atoms with Crippen LogP contribution in [0.4, 0.5) is 14.9 Å². The molecule has 2 aliphatic rings. The molecule has 8 heteroatoms. The summed E-state index contributed by atoms with van der Waals surface area (Å²) in [6, 6.07) is 8.61. The van der Waals surface area contributed by atoms with Crippen LogP contribution in [0.25, 0.3) is 11.1 Å². The Morgan fingerprint density at radius 1 is 1.16 bits per heavy atom. The predicted molar refractivity (Wildman–Crippen MR) is 121 cm³/mol. The van der Waals surface area contributed by atoms with E-state index in [2.05, 4.69) is 10.6 Å². The summed E-state index contributed by atoms with van der Waals surface area (Å²) >= 11 is 0. The van der Waals surface area contributed by atoms with E-state index in [1.807, 2.05) is 24.3 Å². The van der Waals surface area contributed by atoms with E-state index < -0.39 is 6.03 Å². The van der Waals surface area contributed by atoms with Crippen LogP contribution in [0.1, 0.15) is 12.0 Å². The number of nitrogens with one attached hydrogen (secondary N) is 2. The molecular formula is C24H23FN4O3. The molecule has 3 amide bonds. The number of carbonyl (C=O) groups excluding carboxylic acids is 2. The Labute approximate surface area is 184 Å². The van der Waals surface area contributed by atoms with Gasteiger partial charge in [-0.25, -0.2) is 9.18 Å². The first kappa shape index (κ1) is 21.3. The highest BCUT2D eigenvalue weighted by molar-refractivity contribution is 5.89. The first-order valence-electron chi connectivity index (χ1n) is 10.2. The van der Waals surface area contributed by atoms with Crippen molar-refractivity contribution in [2.24, 2.45) is 7.05 Å². The van der Waals surface area contributed by atoms with Crippen LogP contribution in [-0.2, 0) is 18.3 Å². The van der Waals surface area contributed by atoms with E-state index in [-0.39, 0.29) is 29.4 Å². The van der Waals surface area contributed by atoms with E-state index in [0.29, 0.717) is 13.0 Å². The molecule has 164 valence electrons. The van der Waals surface area contributed by atoms with E-state index in [4.69, 9.17) is 0 Å². The summed E-state index contributed by atoms with van der Waals surface area (Å²) in [6.07, 6.45) is 7.15. The van der Waals surface area contributed by atoms with E-state index in [0.717, 1.165) is 27.8 Å². The second kappa shape index (κ2) is 8.66. The Hall–Kier alpha value is -3.94. The number of rotatable bonds is 4. The molecule has 2 heterocycles. The van der Waals surface area contributed by atoms with Crippen molar-refractivity contribution < 1.29 is 14.0 Å². The third-order valence-electron chi connectivity index (χ3n) is 5.49. The van der Waals surface area contributed by atoms with E-state index in [1.165, 1.54) is 23.8 Å². The van der Waals surface area contributed by atoms with Crippen LogP contribution in [0, 0.1) is 0 Å². The average molecular weight is 434 g/mol. The number of amides is 3. The molecule has 2 N–H and O–H groups in total. The van der Waals surface area contributed by atoms with Crippen LogP contribution in [0.2, 0.25) is 0 Å². The molecule has 1 aromatic carbocycles. The fourth-order valence-corrected chi connectivity index (χ4v) is 3.80. The van der Waals surface area contributed by atoms with Crippen LogP contribution in [-0.4, -0.2) is 35.0 Å². The minimum Gasteiger partial charge on any atom is -0.341 e. The lowest BCUT2D eigenvalue weighted by molar-refractivity contribution is -0.127. The van der Waals surface area contributed by atoms with Crippen molar-refractivity contribution >= 4 is 17.6 Å². The quantitative estimate of drug-likeness (QED) is 0.775. The topological polar surface area (TPSA) is 83.4 Å². The summed E-state index contributed by atoms with van der Waals surface area (Å²) in [5.41, 5.74) is 4.00. The molecule has 0 atom stereocenters. The number of hydrogen-bond donors (Lipinski definition) is 2. The minimum atomic E-state index is -0.482. The fraction of sp³-hybridized carbons (Fsp3) is 0.208. The fourth-order valence-electron chi connectivity index (χ4n) is 3.80. The molecule has 0 radical (unpaired) electrons. The maximum Gasteiger partial charge on any atom is 0.319 e. The summed E-state index contributed by atoms with van der Waals surface area (Å²) in [5, 5.41) is 4.96. The maximum absolute atomic E-state index is 13.5. The molecule has 7 nitrogen and oxygen atoms in total. The Kier molecular flexibility index (Phi) is 5.77. The zero-order valence-corrected chi connectivity index (χ0v) is 17.8. The molecule has 0 spiro atoms. The summed E-state index contributed by atoms with van der Waals surface area (Å²) in [4.78, 5) is 38.4. The van der Waals surface area contributed by atoms with Crippen LogP contribution < -0.4 is 16.2 Å². The number of carbonyl (C=O) groups is 2. The number of aryl methyl sites for hydroxylation is 1. The molecule has 32 heavy (non-hydrogen) atoms. The second-order valence-corrected chi connectivity index (χ2v) is 7.78. The van der Waals surface area contributed by atoms with Crippen LogP contribution in [0.3, 0.4) is 0 Å². The van der Waals surface area contributed by atoms with Crippen molar-refractivity contribution in [3.63, 3.8) is 0 Å². The number of pyridine rings is 1. The van der Waals surface area contributed by atoms with Crippen molar-refractivity contribution in [1.29, 1.82) is 0 Å². The largest absolute Gasteiger partial charge is 0.341 e. The van der Waals surface area contributed by atoms with Gasteiger partial charge in [0.1, 0.15) is 11.5 Å². The summed E-state index contributed by atoms with van der Waals surface area (Å²) in [7, 11) is 3.08. The molecule has 0 unspecified atom stereocenters. The van der Waals surface area contributed by atoms with Gasteiger partial charge in [0.05, 0.1) is 13.0 Å². The standard InChI is InChI=1S/C24H23FN4O3/c1-26-24(32)27-21-11-19(12-28(2)23(21)31)16-5-3-4-15(8-16)9-22(30)29-13-17-6-7-20(25)10-18(17)14-29/h3-5,7-8,10-13H,6,9,14H2,1-2H3,(H2,26,27,32). The van der Waals surface area contributed by atoms with Gasteiger partial charge < -0.3 is 20.1 Å². The molecule has 1 aliphatic carbocycles. The Morgan fingerprint density at radius 3 is 2.75 bits per heavy atom. The molecule has 1 aromatic heterocycles. The summed E-state index contributed by atoms with van der Waals surface area (Å²) < 4.78 is 14.9. The van der Waals surface area contributed by atoms with Gasteiger partial charge in [-0.2, -0.15) is 0 Å². The predicted octanol–water partition coefficient (Wildman–Crippen LogP) is 3.26. The molecule has 0 saturated carbocycles. The van der Waals surface area contributed by atoms with Gasteiger partial charge in [0.2, 0.25) is 5.91 Å². The van der Waals surface area contributed by atoms with Crippen molar-refractivity contribution in [3.8, 4) is 11.1 Å². The highest BCUT2D eigenvalue weighted by Gasteiger charge is 2.24. The highest BCUT2D eigenvalue weighted by Crippen LogP contribution is 2.30. The van der Waals surface area contributed by atoms with Gasteiger partial charge >= 0.3 is 6.03 Å². The number of benzene rings is 1. The van der Waals surface area contributed by atoms with Gasteiger partial charge in [-0.15, -0.1) is 0 Å². The lowest BCUT2D eigenvalue weighted by Gasteiger charge is -2.14. The monoisotopic (exact) mass is 434 g/mol. The van der Waals surface area contributed by atoms with Crippen molar-refractivity contribution in [2.45, 2.75) is 12.8 Å². The molecule has 1 aliphatic heterocycles. The van der Waals surface area contributed by atoms with Crippen molar-refractivity contribution in [1.82, 2.24) is 14.8 Å². The Morgan fingerprint density at radius 2 is 1.97 bits per heavy atom. The SMILES string of the molecule is CNC(=O)Nc1cc(-c2cccc(CC(=O)N3C=C4CC=C(F)C=C4C3)c2)cn(C)c1=O. The lowest BCUT2D eigenvalue weighted by Crippen LogP contribution is -2.29. The van der Waals surface area contributed by atoms with Crippen molar-refractivity contribution in [2.75, 3.05) is 18.9 Å². The lowest BCUT2D eigenvalue weighted by atomic mass is 10.0. The number of hydrogen-bond acceptors (Lipinski definition) is 3. The van der Waals surface area contributed by atoms with Crippen LogP contribution in [0.5, 0.6) is 0 Å². The molecule has 0 saturated heterocycles. The van der Waals surface area contributed by atoms with Crippen molar-refractivity contribution in [3.05, 3.63) is 87.8 Å². The van der Waals surface area contributed by atoms with E-state index >= 15 is 0 Å². The molecule has 0 fully saturated rings. The second-order valence-electron chi connectivity index (χ2n) is 7.78. The van der Waals surface area contributed by atoms with Gasteiger partial charge in [0, 0.05) is 32.1 Å². The van der Waals surface area contributed by atoms with Gasteiger partial charge in [-0.3, -0.25) is 9.59 Å². The van der Waals surface area contributed by atoms with Gasteiger partial charge in [-0.1, -0.05) is 24.3 Å². The van der Waals surface area contributed by atoms with Crippen LogP contribution >= 0.6 is 0 Å². The molecule has 4 rings (SSSR count). The first-order valence-corrected chi connectivity index (χ1v) is 10.2. The van der Waals surface area contributed by atoms with Gasteiger partial charge in [0.15, 0.2) is 0 Å². The summed E-state index contributed by atoms with van der Waals surface area (Å²) in [5.74, 6) is -0.338. The minimum absolute atomic E-state index is 0.0761. The molecule has 2 aromatic rings. The highest BCUT2D eigenvalue weighted by atomic mass is 19.1. The smallest absolute Gasteiger partial charge is 0.319 e. The van der Waals surface area contributed by atoms with E-state index in [1.54, 1.807) is 30.4 Å². The first-order chi connectivity index (χ1) is 15.3. The third-order valence-corrected chi connectivity index (χ3v) is 5.49. The average Bonchev–Trinajstić information content (AvgIpc) is 3.20. The molecule has 0 bridgehead atoms. The third kappa shape index (κ3) is 4.39. The normalized spacial score (nSPS) is 14.8. The number of aromatic nitrogens is 1. The van der Waals surface area contributed by atoms with Gasteiger partial charge in [-0.05, 0) is 46.9 Å². The van der Waals surface area contributed by atoms with Crippen LogP contribution in [0.15, 0.2) is 76.6 Å². The number of allylic oxidation sites excluding steroid dienone is 3. The maximum atomic E-state index is 13.5. The number of urea groups is 1. The van der Waals surface area contributed by atoms with E-state index in [9.17, 15) is 18.8 Å². The Balaban J connectivity index is 1.54. The van der Waals surface area contributed by atoms with Gasteiger partial charge in [0.25, 0.3) is 5.56 Å². The molecular weight excluding hydrogens is 411 g/mol. The zero-order valence-electron chi connectivity index (χ0n) is 17.8. The number of halogens is 1.